The monoisotopic (exact) mass is 365 g/mol. The quantitative estimate of drug-likeness (QED) is 0.741. The van der Waals surface area contributed by atoms with Crippen LogP contribution in [0.5, 0.6) is 0 Å². The molecule has 26 heavy (non-hydrogen) atoms. The fraction of sp³-hybridized carbons (Fsp3) is 0.333. The molecule has 0 fully saturated rings. The zero-order chi connectivity index (χ0) is 18.5. The maximum absolute atomic E-state index is 11.2. The Kier molecular flexibility index (Phi) is 3.90. The van der Waals surface area contributed by atoms with Gasteiger partial charge in [-0.1, -0.05) is 26.0 Å². The van der Waals surface area contributed by atoms with Crippen LogP contribution in [0.3, 0.4) is 0 Å². The first-order valence-corrected chi connectivity index (χ1v) is 9.58. The third-order valence-corrected chi connectivity index (χ3v) is 6.27. The van der Waals surface area contributed by atoms with Crippen molar-refractivity contribution in [1.82, 2.24) is 9.97 Å². The number of aryl methyl sites for hydroxylation is 1. The van der Waals surface area contributed by atoms with Crippen LogP contribution in [0.2, 0.25) is 0 Å². The molecule has 0 aliphatic carbocycles. The lowest BCUT2D eigenvalue weighted by atomic mass is 9.85. The molecule has 1 aliphatic heterocycles. The van der Waals surface area contributed by atoms with Crippen molar-refractivity contribution in [2.24, 2.45) is 0 Å². The predicted molar refractivity (Wildman–Crippen MR) is 106 cm³/mol. The van der Waals surface area contributed by atoms with Crippen LogP contribution in [-0.2, 0) is 11.0 Å². The Morgan fingerprint density at radius 3 is 2.58 bits per heavy atom. The van der Waals surface area contributed by atoms with Crippen LogP contribution in [0.4, 0.5) is 11.4 Å². The molecule has 3 heterocycles. The first kappa shape index (κ1) is 17.2. The van der Waals surface area contributed by atoms with Gasteiger partial charge >= 0.3 is 0 Å². The molecule has 1 atom stereocenters. The lowest BCUT2D eigenvalue weighted by Crippen LogP contribution is -2.25. The number of hydrogen-bond acceptors (Lipinski definition) is 5. The first-order chi connectivity index (χ1) is 12.3. The predicted octanol–water partition coefficient (Wildman–Crippen LogP) is 4.53. The molecular formula is C21H23N3OS. The van der Waals surface area contributed by atoms with Gasteiger partial charge in [0.2, 0.25) is 0 Å². The highest BCUT2D eigenvalue weighted by Gasteiger charge is 2.38. The number of anilines is 2. The summed E-state index contributed by atoms with van der Waals surface area (Å²) < 4.78 is 0. The summed E-state index contributed by atoms with van der Waals surface area (Å²) in [6, 6.07) is 10.4. The van der Waals surface area contributed by atoms with Gasteiger partial charge in [-0.05, 0) is 43.2 Å². The van der Waals surface area contributed by atoms with Crippen LogP contribution in [0.1, 0.15) is 41.8 Å². The van der Waals surface area contributed by atoms with E-state index in [4.69, 9.17) is 0 Å². The Labute approximate surface area is 158 Å². The van der Waals surface area contributed by atoms with Crippen LogP contribution in [-0.4, -0.2) is 21.6 Å². The average molecular weight is 366 g/mol. The first-order valence-electron chi connectivity index (χ1n) is 8.77. The Balaban J connectivity index is 1.82. The van der Waals surface area contributed by atoms with E-state index >= 15 is 0 Å². The van der Waals surface area contributed by atoms with Crippen LogP contribution >= 0.6 is 11.3 Å². The van der Waals surface area contributed by atoms with Gasteiger partial charge in [0.15, 0.2) is 0 Å². The Bertz CT molecular complexity index is 947. The third-order valence-electron chi connectivity index (χ3n) is 5.15. The minimum atomic E-state index is -1.11. The van der Waals surface area contributed by atoms with E-state index in [1.54, 1.807) is 0 Å². The summed E-state index contributed by atoms with van der Waals surface area (Å²) in [7, 11) is 0. The molecule has 4 rings (SSSR count). The maximum Gasteiger partial charge on any atom is 0.138 e. The second-order valence-corrected chi connectivity index (χ2v) is 8.99. The van der Waals surface area contributed by atoms with Crippen LogP contribution < -0.4 is 4.90 Å². The van der Waals surface area contributed by atoms with Crippen molar-refractivity contribution < 1.29 is 5.11 Å². The second-order valence-electron chi connectivity index (χ2n) is 7.76. The van der Waals surface area contributed by atoms with Crippen molar-refractivity contribution >= 4 is 22.7 Å². The van der Waals surface area contributed by atoms with Gasteiger partial charge < -0.3 is 10.0 Å². The molecule has 0 spiro atoms. The van der Waals surface area contributed by atoms with E-state index in [9.17, 15) is 5.11 Å². The summed E-state index contributed by atoms with van der Waals surface area (Å²) in [4.78, 5) is 12.0. The van der Waals surface area contributed by atoms with Crippen molar-refractivity contribution in [1.29, 1.82) is 0 Å². The molecule has 1 aromatic carbocycles. The van der Waals surface area contributed by atoms with Gasteiger partial charge in [-0.2, -0.15) is 0 Å². The number of benzene rings is 1. The van der Waals surface area contributed by atoms with Crippen molar-refractivity contribution in [3.05, 3.63) is 69.9 Å². The molecule has 1 N–H and O–H groups in total. The fourth-order valence-corrected chi connectivity index (χ4v) is 4.49. The SMILES string of the molecule is Cc1cnc(C(C)(O)c2ccc3c(c2)N(c2ccncc2)CC3(C)C)s1. The summed E-state index contributed by atoms with van der Waals surface area (Å²) in [5.74, 6) is 0. The third kappa shape index (κ3) is 2.72. The van der Waals surface area contributed by atoms with Crippen molar-refractivity contribution in [3.8, 4) is 0 Å². The number of hydrogen-bond donors (Lipinski definition) is 1. The molecule has 1 aliphatic rings. The topological polar surface area (TPSA) is 49.3 Å². The second kappa shape index (κ2) is 5.89. The molecule has 5 heteroatoms. The van der Waals surface area contributed by atoms with Gasteiger partial charge in [0.05, 0.1) is 0 Å². The Morgan fingerprint density at radius 2 is 1.92 bits per heavy atom. The van der Waals surface area contributed by atoms with Gasteiger partial charge in [-0.15, -0.1) is 11.3 Å². The van der Waals surface area contributed by atoms with Crippen LogP contribution in [0.15, 0.2) is 48.9 Å². The van der Waals surface area contributed by atoms with E-state index in [0.717, 1.165) is 33.4 Å². The lowest BCUT2D eigenvalue weighted by Gasteiger charge is -2.24. The van der Waals surface area contributed by atoms with Gasteiger partial charge in [-0.25, -0.2) is 4.98 Å². The minimum absolute atomic E-state index is 0.0424. The molecule has 0 saturated heterocycles. The summed E-state index contributed by atoms with van der Waals surface area (Å²) in [6.45, 7) is 9.25. The largest absolute Gasteiger partial charge is 0.378 e. The number of nitrogens with zero attached hydrogens (tertiary/aromatic N) is 3. The van der Waals surface area contributed by atoms with Crippen molar-refractivity contribution in [2.45, 2.75) is 38.7 Å². The van der Waals surface area contributed by atoms with Gasteiger partial charge in [-0.3, -0.25) is 4.98 Å². The normalized spacial score (nSPS) is 17.8. The van der Waals surface area contributed by atoms with Gasteiger partial charge in [0, 0.05) is 46.8 Å². The molecule has 0 radical (unpaired) electrons. The molecule has 0 bridgehead atoms. The molecule has 2 aromatic heterocycles. The average Bonchev–Trinajstić information content (AvgIpc) is 3.17. The van der Waals surface area contributed by atoms with Gasteiger partial charge in [0.1, 0.15) is 10.6 Å². The zero-order valence-corrected chi connectivity index (χ0v) is 16.3. The highest BCUT2D eigenvalue weighted by atomic mass is 32.1. The van der Waals surface area contributed by atoms with E-state index in [1.165, 1.54) is 16.9 Å². The van der Waals surface area contributed by atoms with E-state index in [-0.39, 0.29) is 5.41 Å². The fourth-order valence-electron chi connectivity index (χ4n) is 3.65. The molecule has 134 valence electrons. The van der Waals surface area contributed by atoms with E-state index < -0.39 is 5.60 Å². The lowest BCUT2D eigenvalue weighted by molar-refractivity contribution is 0.102. The van der Waals surface area contributed by atoms with Crippen LogP contribution in [0, 0.1) is 6.92 Å². The standard InChI is InChI=1S/C21H23N3OS/c1-14-12-23-19(26-14)21(4,25)15-5-6-17-18(11-15)24(13-20(17,2)3)16-7-9-22-10-8-16/h5-12,25H,13H2,1-4H3. The number of rotatable bonds is 3. The molecule has 0 saturated carbocycles. The number of aliphatic hydroxyl groups is 1. The summed E-state index contributed by atoms with van der Waals surface area (Å²) in [5.41, 5.74) is 3.36. The van der Waals surface area contributed by atoms with Crippen molar-refractivity contribution in [3.63, 3.8) is 0 Å². The summed E-state index contributed by atoms with van der Waals surface area (Å²) in [6.07, 6.45) is 5.45. The number of thiazole rings is 1. The molecule has 0 amide bonds. The van der Waals surface area contributed by atoms with Crippen LogP contribution in [0.25, 0.3) is 0 Å². The number of fused-ring (bicyclic) bond motifs is 1. The molecule has 1 unspecified atom stereocenters. The minimum Gasteiger partial charge on any atom is -0.378 e. The summed E-state index contributed by atoms with van der Waals surface area (Å²) in [5, 5.41) is 11.9. The van der Waals surface area contributed by atoms with E-state index in [1.807, 2.05) is 50.6 Å². The summed E-state index contributed by atoms with van der Waals surface area (Å²) >= 11 is 1.54. The van der Waals surface area contributed by atoms with Gasteiger partial charge in [0.25, 0.3) is 0 Å². The Morgan fingerprint density at radius 1 is 1.19 bits per heavy atom. The Hall–Kier alpha value is -2.24. The van der Waals surface area contributed by atoms with Crippen molar-refractivity contribution in [2.75, 3.05) is 11.4 Å². The molecule has 3 aromatic rings. The highest BCUT2D eigenvalue weighted by molar-refractivity contribution is 7.11. The number of pyridine rings is 1. The maximum atomic E-state index is 11.2. The molecule has 4 nitrogen and oxygen atoms in total. The van der Waals surface area contributed by atoms with E-state index in [0.29, 0.717) is 0 Å². The molecular weight excluding hydrogens is 342 g/mol. The smallest absolute Gasteiger partial charge is 0.138 e. The van der Waals surface area contributed by atoms with E-state index in [2.05, 4.69) is 40.8 Å². The number of aromatic nitrogens is 2. The highest BCUT2D eigenvalue weighted by Crippen LogP contribution is 2.46. The zero-order valence-electron chi connectivity index (χ0n) is 15.5.